The van der Waals surface area contributed by atoms with Crippen molar-refractivity contribution in [3.05, 3.63) is 0 Å². The fourth-order valence-electron chi connectivity index (χ4n) is 3.39. The molecule has 0 saturated heterocycles. The molecule has 1 unspecified atom stereocenters. The Bertz CT molecular complexity index is 185. The molecule has 0 aliphatic heterocycles. The van der Waals surface area contributed by atoms with Gasteiger partial charge in [0.2, 0.25) is 0 Å². The summed E-state index contributed by atoms with van der Waals surface area (Å²) in [6, 6.07) is 0.539. The van der Waals surface area contributed by atoms with E-state index in [1.54, 1.807) is 0 Å². The van der Waals surface area contributed by atoms with Crippen molar-refractivity contribution in [2.75, 3.05) is 20.3 Å². The highest BCUT2D eigenvalue weighted by molar-refractivity contribution is 4.94. The SMILES string of the molecule is CCOCC(NC)C1(CC(C)C)CCCC1. The molecule has 16 heavy (non-hydrogen) atoms. The van der Waals surface area contributed by atoms with E-state index in [-0.39, 0.29) is 0 Å². The molecule has 1 aliphatic rings. The summed E-state index contributed by atoms with van der Waals surface area (Å²) in [6.07, 6.45) is 6.90. The Morgan fingerprint density at radius 3 is 2.31 bits per heavy atom. The first kappa shape index (κ1) is 14.0. The predicted octanol–water partition coefficient (Wildman–Crippen LogP) is 3.22. The Balaban J connectivity index is 2.65. The number of ether oxygens (including phenoxy) is 1. The van der Waals surface area contributed by atoms with Crippen LogP contribution in [0.5, 0.6) is 0 Å². The summed E-state index contributed by atoms with van der Waals surface area (Å²) >= 11 is 0. The third-order valence-electron chi connectivity index (χ3n) is 3.99. The standard InChI is InChI=1S/C14H29NO/c1-5-16-11-13(15-4)14(10-12(2)3)8-6-7-9-14/h12-13,15H,5-11H2,1-4H3. The van der Waals surface area contributed by atoms with Gasteiger partial charge in [-0.05, 0) is 44.6 Å². The molecule has 0 spiro atoms. The first-order valence-corrected chi connectivity index (χ1v) is 6.89. The molecule has 1 fully saturated rings. The van der Waals surface area contributed by atoms with Gasteiger partial charge >= 0.3 is 0 Å². The van der Waals surface area contributed by atoms with E-state index >= 15 is 0 Å². The van der Waals surface area contributed by atoms with Crippen molar-refractivity contribution < 1.29 is 4.74 Å². The van der Waals surface area contributed by atoms with Crippen molar-refractivity contribution in [3.8, 4) is 0 Å². The topological polar surface area (TPSA) is 21.3 Å². The average Bonchev–Trinajstić information content (AvgIpc) is 2.67. The molecular formula is C14H29NO. The van der Waals surface area contributed by atoms with Gasteiger partial charge in [0, 0.05) is 12.6 Å². The fourth-order valence-corrected chi connectivity index (χ4v) is 3.39. The van der Waals surface area contributed by atoms with E-state index in [2.05, 4.69) is 33.1 Å². The van der Waals surface area contributed by atoms with Crippen molar-refractivity contribution in [1.82, 2.24) is 5.32 Å². The second-order valence-corrected chi connectivity index (χ2v) is 5.67. The summed E-state index contributed by atoms with van der Waals surface area (Å²) in [7, 11) is 2.09. The highest BCUT2D eigenvalue weighted by Gasteiger charge is 2.40. The normalized spacial score (nSPS) is 21.6. The minimum atomic E-state index is 0.498. The minimum absolute atomic E-state index is 0.498. The predicted molar refractivity (Wildman–Crippen MR) is 69.7 cm³/mol. The Morgan fingerprint density at radius 2 is 1.88 bits per heavy atom. The van der Waals surface area contributed by atoms with Gasteiger partial charge in [0.1, 0.15) is 0 Å². The second kappa shape index (κ2) is 6.61. The number of nitrogens with one attached hydrogen (secondary N) is 1. The van der Waals surface area contributed by atoms with Crippen LogP contribution in [0.25, 0.3) is 0 Å². The van der Waals surface area contributed by atoms with Crippen molar-refractivity contribution in [2.45, 2.75) is 58.9 Å². The number of hydrogen-bond donors (Lipinski definition) is 1. The Morgan fingerprint density at radius 1 is 1.25 bits per heavy atom. The highest BCUT2D eigenvalue weighted by Crippen LogP contribution is 2.45. The van der Waals surface area contributed by atoms with Crippen LogP contribution in [0.1, 0.15) is 52.9 Å². The molecule has 1 saturated carbocycles. The van der Waals surface area contributed by atoms with Crippen LogP contribution in [0, 0.1) is 11.3 Å². The summed E-state index contributed by atoms with van der Waals surface area (Å²) in [6.45, 7) is 8.47. The van der Waals surface area contributed by atoms with E-state index < -0.39 is 0 Å². The third kappa shape index (κ3) is 3.46. The van der Waals surface area contributed by atoms with Crippen LogP contribution >= 0.6 is 0 Å². The maximum Gasteiger partial charge on any atom is 0.0624 e. The van der Waals surface area contributed by atoms with Crippen molar-refractivity contribution in [1.29, 1.82) is 0 Å². The lowest BCUT2D eigenvalue weighted by Gasteiger charge is -2.39. The van der Waals surface area contributed by atoms with Crippen LogP contribution < -0.4 is 5.32 Å². The van der Waals surface area contributed by atoms with Crippen molar-refractivity contribution in [2.24, 2.45) is 11.3 Å². The molecule has 1 aliphatic carbocycles. The molecule has 0 heterocycles. The maximum absolute atomic E-state index is 5.64. The van der Waals surface area contributed by atoms with Gasteiger partial charge < -0.3 is 10.1 Å². The molecule has 2 nitrogen and oxygen atoms in total. The molecule has 0 aromatic carbocycles. The van der Waals surface area contributed by atoms with Crippen LogP contribution in [0.15, 0.2) is 0 Å². The van der Waals surface area contributed by atoms with Crippen molar-refractivity contribution >= 4 is 0 Å². The first-order chi connectivity index (χ1) is 7.64. The molecule has 0 bridgehead atoms. The Kier molecular flexibility index (Phi) is 5.77. The molecule has 96 valence electrons. The van der Waals surface area contributed by atoms with Gasteiger partial charge in [-0.15, -0.1) is 0 Å². The zero-order valence-electron chi connectivity index (χ0n) is 11.5. The molecule has 1 rings (SSSR count). The zero-order valence-corrected chi connectivity index (χ0v) is 11.5. The molecule has 0 aromatic heterocycles. The van der Waals surface area contributed by atoms with E-state index in [0.29, 0.717) is 11.5 Å². The van der Waals surface area contributed by atoms with E-state index in [1.807, 2.05) is 0 Å². The summed E-state index contributed by atoms with van der Waals surface area (Å²) in [5.41, 5.74) is 0.498. The lowest BCUT2D eigenvalue weighted by Crippen LogP contribution is -2.46. The first-order valence-electron chi connectivity index (χ1n) is 6.89. The number of rotatable bonds is 7. The quantitative estimate of drug-likeness (QED) is 0.721. The second-order valence-electron chi connectivity index (χ2n) is 5.67. The largest absolute Gasteiger partial charge is 0.380 e. The van der Waals surface area contributed by atoms with Crippen LogP contribution in [0.3, 0.4) is 0 Å². The minimum Gasteiger partial charge on any atom is -0.380 e. The molecule has 2 heteroatoms. The highest BCUT2D eigenvalue weighted by atomic mass is 16.5. The molecule has 0 amide bonds. The average molecular weight is 227 g/mol. The fraction of sp³-hybridized carbons (Fsp3) is 1.00. The van der Waals surface area contributed by atoms with Gasteiger partial charge in [0.15, 0.2) is 0 Å². The molecule has 0 radical (unpaired) electrons. The monoisotopic (exact) mass is 227 g/mol. The van der Waals surface area contributed by atoms with Gasteiger partial charge in [0.05, 0.1) is 6.61 Å². The lowest BCUT2D eigenvalue weighted by molar-refractivity contribution is 0.0564. The summed E-state index contributed by atoms with van der Waals surface area (Å²) in [5.74, 6) is 0.788. The van der Waals surface area contributed by atoms with Gasteiger partial charge in [-0.25, -0.2) is 0 Å². The van der Waals surface area contributed by atoms with Gasteiger partial charge in [-0.2, -0.15) is 0 Å². The number of hydrogen-bond acceptors (Lipinski definition) is 2. The van der Waals surface area contributed by atoms with E-state index in [1.165, 1.54) is 32.1 Å². The van der Waals surface area contributed by atoms with Crippen LogP contribution in [-0.4, -0.2) is 26.3 Å². The van der Waals surface area contributed by atoms with E-state index in [0.717, 1.165) is 19.1 Å². The van der Waals surface area contributed by atoms with Crippen LogP contribution in [0.4, 0.5) is 0 Å². The van der Waals surface area contributed by atoms with Crippen molar-refractivity contribution in [3.63, 3.8) is 0 Å². The maximum atomic E-state index is 5.64. The molecule has 1 atom stereocenters. The van der Waals surface area contributed by atoms with Gasteiger partial charge in [-0.1, -0.05) is 26.7 Å². The van der Waals surface area contributed by atoms with Gasteiger partial charge in [0.25, 0.3) is 0 Å². The van der Waals surface area contributed by atoms with Crippen LogP contribution in [-0.2, 0) is 4.74 Å². The Hall–Kier alpha value is -0.0800. The summed E-state index contributed by atoms with van der Waals surface area (Å²) in [4.78, 5) is 0. The third-order valence-corrected chi connectivity index (χ3v) is 3.99. The molecule has 1 N–H and O–H groups in total. The summed E-state index contributed by atoms with van der Waals surface area (Å²) < 4.78 is 5.64. The number of likely N-dealkylation sites (N-methyl/N-ethyl adjacent to an activating group) is 1. The van der Waals surface area contributed by atoms with E-state index in [9.17, 15) is 0 Å². The summed E-state index contributed by atoms with van der Waals surface area (Å²) in [5, 5.41) is 3.50. The lowest BCUT2D eigenvalue weighted by atomic mass is 9.73. The van der Waals surface area contributed by atoms with Gasteiger partial charge in [-0.3, -0.25) is 0 Å². The molecular weight excluding hydrogens is 198 g/mol. The zero-order chi connectivity index (χ0) is 12.0. The Labute approximate surface area is 101 Å². The van der Waals surface area contributed by atoms with E-state index in [4.69, 9.17) is 4.74 Å². The van der Waals surface area contributed by atoms with Crippen LogP contribution in [0.2, 0.25) is 0 Å². The molecule has 0 aromatic rings. The smallest absolute Gasteiger partial charge is 0.0624 e.